The highest BCUT2D eigenvalue weighted by molar-refractivity contribution is 5.93. The molecule has 5 nitrogen and oxygen atoms in total. The first-order valence-corrected chi connectivity index (χ1v) is 8.54. The van der Waals surface area contributed by atoms with Crippen LogP contribution in [-0.2, 0) is 0 Å². The lowest BCUT2D eigenvalue weighted by Crippen LogP contribution is -2.45. The Labute approximate surface area is 160 Å². The molecule has 4 rings (SSSR count). The van der Waals surface area contributed by atoms with Crippen LogP contribution in [0.25, 0.3) is 11.0 Å². The first-order chi connectivity index (χ1) is 11.3. The standard InChI is InChI=1S/C18H22N4O.2ClH/c23-18(17-12-20-15-3-1-2-4-16(15)21-17)22-9-7-14(8-10-22)19-11-13-5-6-13;;/h1-4,12-14,19H,5-11H2;2*1H. The van der Waals surface area contributed by atoms with Crippen molar-refractivity contribution in [2.45, 2.75) is 31.7 Å². The van der Waals surface area contributed by atoms with Gasteiger partial charge in [0.05, 0.1) is 17.2 Å². The second-order valence-corrected chi connectivity index (χ2v) is 6.66. The van der Waals surface area contributed by atoms with Crippen molar-refractivity contribution in [2.75, 3.05) is 19.6 Å². The summed E-state index contributed by atoms with van der Waals surface area (Å²) in [7, 11) is 0. The number of para-hydroxylation sites is 2. The highest BCUT2D eigenvalue weighted by Crippen LogP contribution is 2.28. The lowest BCUT2D eigenvalue weighted by molar-refractivity contribution is 0.0699. The minimum atomic E-state index is 0. The van der Waals surface area contributed by atoms with Gasteiger partial charge in [-0.05, 0) is 50.3 Å². The summed E-state index contributed by atoms with van der Waals surface area (Å²) in [5.41, 5.74) is 2.06. The monoisotopic (exact) mass is 382 g/mol. The van der Waals surface area contributed by atoms with Gasteiger partial charge in [-0.3, -0.25) is 9.78 Å². The van der Waals surface area contributed by atoms with Gasteiger partial charge in [0.25, 0.3) is 5.91 Å². The van der Waals surface area contributed by atoms with E-state index in [4.69, 9.17) is 0 Å². The second-order valence-electron chi connectivity index (χ2n) is 6.66. The number of amides is 1. The van der Waals surface area contributed by atoms with Crippen molar-refractivity contribution in [3.8, 4) is 0 Å². The second kappa shape index (κ2) is 8.79. The number of nitrogens with one attached hydrogen (secondary N) is 1. The molecule has 1 amide bonds. The Balaban J connectivity index is 0.00000113. The van der Waals surface area contributed by atoms with Crippen LogP contribution in [0.4, 0.5) is 0 Å². The average molecular weight is 383 g/mol. The summed E-state index contributed by atoms with van der Waals surface area (Å²) in [5.74, 6) is 0.909. The van der Waals surface area contributed by atoms with Crippen molar-refractivity contribution in [2.24, 2.45) is 5.92 Å². The summed E-state index contributed by atoms with van der Waals surface area (Å²) in [6, 6.07) is 8.21. The molecule has 1 saturated heterocycles. The first kappa shape index (κ1) is 19.9. The Morgan fingerprint density at radius 1 is 1.08 bits per heavy atom. The van der Waals surface area contributed by atoms with Gasteiger partial charge in [-0.25, -0.2) is 4.98 Å². The van der Waals surface area contributed by atoms with Crippen LogP contribution in [0.2, 0.25) is 0 Å². The number of hydrogen-bond acceptors (Lipinski definition) is 4. The van der Waals surface area contributed by atoms with Crippen LogP contribution in [0.15, 0.2) is 30.5 Å². The number of carbonyl (C=O) groups excluding carboxylic acids is 1. The van der Waals surface area contributed by atoms with Crippen LogP contribution >= 0.6 is 24.8 Å². The lowest BCUT2D eigenvalue weighted by Gasteiger charge is -2.32. The average Bonchev–Trinajstić information content (AvgIpc) is 3.44. The van der Waals surface area contributed by atoms with Crippen molar-refractivity contribution >= 4 is 41.8 Å². The van der Waals surface area contributed by atoms with Gasteiger partial charge in [-0.2, -0.15) is 0 Å². The Kier molecular flexibility index (Phi) is 6.99. The Hall–Kier alpha value is -1.43. The van der Waals surface area contributed by atoms with Crippen molar-refractivity contribution < 1.29 is 4.79 Å². The van der Waals surface area contributed by atoms with Gasteiger partial charge in [-0.1, -0.05) is 12.1 Å². The molecule has 0 atom stereocenters. The molecule has 2 aliphatic rings. The maximum atomic E-state index is 12.6. The molecule has 0 radical (unpaired) electrons. The maximum Gasteiger partial charge on any atom is 0.274 e. The minimum absolute atomic E-state index is 0. The summed E-state index contributed by atoms with van der Waals surface area (Å²) in [4.78, 5) is 23.4. The molecule has 1 aromatic carbocycles. The number of fused-ring (bicyclic) bond motifs is 1. The molecule has 0 spiro atoms. The SMILES string of the molecule is Cl.Cl.O=C(c1cnc2ccccc2n1)N1CCC(NCC2CC2)CC1. The summed E-state index contributed by atoms with van der Waals surface area (Å²) >= 11 is 0. The smallest absolute Gasteiger partial charge is 0.274 e. The van der Waals surface area contributed by atoms with E-state index in [0.29, 0.717) is 11.7 Å². The molecule has 1 saturated carbocycles. The topological polar surface area (TPSA) is 58.1 Å². The van der Waals surface area contributed by atoms with Gasteiger partial charge in [0, 0.05) is 19.1 Å². The van der Waals surface area contributed by atoms with Gasteiger partial charge in [-0.15, -0.1) is 24.8 Å². The van der Waals surface area contributed by atoms with Gasteiger partial charge < -0.3 is 10.2 Å². The predicted molar refractivity (Wildman–Crippen MR) is 104 cm³/mol. The van der Waals surface area contributed by atoms with Crippen LogP contribution in [0.1, 0.15) is 36.2 Å². The van der Waals surface area contributed by atoms with Crippen LogP contribution in [0, 0.1) is 5.92 Å². The summed E-state index contributed by atoms with van der Waals surface area (Å²) in [5, 5.41) is 3.64. The van der Waals surface area contributed by atoms with Crippen molar-refractivity contribution in [3.63, 3.8) is 0 Å². The number of nitrogens with zero attached hydrogens (tertiary/aromatic N) is 3. The van der Waals surface area contributed by atoms with Crippen LogP contribution < -0.4 is 5.32 Å². The molecule has 2 heterocycles. The zero-order valence-corrected chi connectivity index (χ0v) is 15.7. The third kappa shape index (κ3) is 4.81. The van der Waals surface area contributed by atoms with E-state index < -0.39 is 0 Å². The van der Waals surface area contributed by atoms with Crippen molar-refractivity contribution in [1.82, 2.24) is 20.2 Å². The number of hydrogen-bond donors (Lipinski definition) is 1. The fourth-order valence-electron chi connectivity index (χ4n) is 3.16. The molecule has 136 valence electrons. The van der Waals surface area contributed by atoms with Gasteiger partial charge in [0.2, 0.25) is 0 Å². The van der Waals surface area contributed by atoms with E-state index in [9.17, 15) is 4.79 Å². The number of piperidine rings is 1. The van der Waals surface area contributed by atoms with E-state index in [0.717, 1.165) is 49.4 Å². The van der Waals surface area contributed by atoms with E-state index in [-0.39, 0.29) is 30.7 Å². The van der Waals surface area contributed by atoms with Gasteiger partial charge in [0.15, 0.2) is 0 Å². The highest BCUT2D eigenvalue weighted by Gasteiger charge is 2.26. The molecule has 1 N–H and O–H groups in total. The predicted octanol–water partition coefficient (Wildman–Crippen LogP) is 3.08. The largest absolute Gasteiger partial charge is 0.337 e. The Bertz CT molecular complexity index is 715. The molecule has 0 bridgehead atoms. The van der Waals surface area contributed by atoms with Crippen LogP contribution in [0.5, 0.6) is 0 Å². The number of halogens is 2. The number of benzene rings is 1. The van der Waals surface area contributed by atoms with E-state index in [1.54, 1.807) is 6.20 Å². The zero-order chi connectivity index (χ0) is 15.6. The zero-order valence-electron chi connectivity index (χ0n) is 14.1. The van der Waals surface area contributed by atoms with Gasteiger partial charge in [0.1, 0.15) is 5.69 Å². The quantitative estimate of drug-likeness (QED) is 0.882. The van der Waals surface area contributed by atoms with E-state index >= 15 is 0 Å². The van der Waals surface area contributed by atoms with Crippen molar-refractivity contribution in [1.29, 1.82) is 0 Å². The molecule has 0 unspecified atom stereocenters. The highest BCUT2D eigenvalue weighted by atomic mass is 35.5. The minimum Gasteiger partial charge on any atom is -0.337 e. The molecule has 2 fully saturated rings. The fraction of sp³-hybridized carbons (Fsp3) is 0.500. The first-order valence-electron chi connectivity index (χ1n) is 8.54. The normalized spacial score (nSPS) is 17.7. The van der Waals surface area contributed by atoms with E-state index in [1.807, 2.05) is 29.2 Å². The molecular weight excluding hydrogens is 359 g/mol. The molecule has 2 aromatic rings. The number of likely N-dealkylation sites (tertiary alicyclic amines) is 1. The molecule has 25 heavy (non-hydrogen) atoms. The lowest BCUT2D eigenvalue weighted by atomic mass is 10.0. The number of rotatable bonds is 4. The summed E-state index contributed by atoms with van der Waals surface area (Å²) < 4.78 is 0. The summed E-state index contributed by atoms with van der Waals surface area (Å²) in [6.07, 6.45) is 6.41. The fourth-order valence-corrected chi connectivity index (χ4v) is 3.16. The van der Waals surface area contributed by atoms with Gasteiger partial charge >= 0.3 is 0 Å². The third-order valence-corrected chi connectivity index (χ3v) is 4.84. The third-order valence-electron chi connectivity index (χ3n) is 4.84. The molecule has 1 aliphatic heterocycles. The number of aromatic nitrogens is 2. The molecule has 7 heteroatoms. The Morgan fingerprint density at radius 3 is 2.44 bits per heavy atom. The van der Waals surface area contributed by atoms with Crippen molar-refractivity contribution in [3.05, 3.63) is 36.2 Å². The van der Waals surface area contributed by atoms with E-state index in [1.165, 1.54) is 12.8 Å². The van der Waals surface area contributed by atoms with Crippen LogP contribution in [-0.4, -0.2) is 46.5 Å². The Morgan fingerprint density at radius 2 is 1.76 bits per heavy atom. The molecular formula is C18H24Cl2N4O. The van der Waals surface area contributed by atoms with Crippen LogP contribution in [0.3, 0.4) is 0 Å². The number of carbonyl (C=O) groups is 1. The molecule has 1 aliphatic carbocycles. The van der Waals surface area contributed by atoms with E-state index in [2.05, 4.69) is 15.3 Å². The molecule has 1 aromatic heterocycles. The maximum absolute atomic E-state index is 12.6. The summed E-state index contributed by atoms with van der Waals surface area (Å²) in [6.45, 7) is 2.75.